The Kier molecular flexibility index (Phi) is 5.42. The molecule has 5 heteroatoms. The second-order valence-corrected chi connectivity index (χ2v) is 3.94. The van der Waals surface area contributed by atoms with Crippen LogP contribution in [-0.2, 0) is 0 Å². The van der Waals surface area contributed by atoms with E-state index < -0.39 is 0 Å². The first-order chi connectivity index (χ1) is 7.22. The molecule has 15 heavy (non-hydrogen) atoms. The Morgan fingerprint density at radius 3 is 2.60 bits per heavy atom. The highest BCUT2D eigenvalue weighted by atomic mass is 15.2. The molecule has 0 unspecified atom stereocenters. The maximum absolute atomic E-state index is 5.63. The Bertz CT molecular complexity index is 196. The molecular formula is C10H23N5. The van der Waals surface area contributed by atoms with Gasteiger partial charge in [-0.3, -0.25) is 9.89 Å². The smallest absolute Gasteiger partial charge is 0.188 e. The lowest BCUT2D eigenvalue weighted by atomic mass is 10.3. The quantitative estimate of drug-likeness (QED) is 0.472. The molecule has 0 bridgehead atoms. The standard InChI is InChI=1S/C10H23N5/c1-3-12-10(11)13-4-5-15-8-6-14(2)7-9-15/h3-9H2,1-2H3,(H3,11,12,13). The van der Waals surface area contributed by atoms with Crippen molar-refractivity contribution in [2.24, 2.45) is 10.7 Å². The van der Waals surface area contributed by atoms with Crippen LogP contribution in [0.2, 0.25) is 0 Å². The largest absolute Gasteiger partial charge is 0.370 e. The Morgan fingerprint density at radius 1 is 1.33 bits per heavy atom. The summed E-state index contributed by atoms with van der Waals surface area (Å²) in [5.41, 5.74) is 5.63. The van der Waals surface area contributed by atoms with Crippen molar-refractivity contribution in [1.82, 2.24) is 15.1 Å². The molecule has 88 valence electrons. The summed E-state index contributed by atoms with van der Waals surface area (Å²) in [6, 6.07) is 0. The van der Waals surface area contributed by atoms with E-state index in [2.05, 4.69) is 27.2 Å². The number of rotatable bonds is 4. The highest BCUT2D eigenvalue weighted by molar-refractivity contribution is 5.77. The van der Waals surface area contributed by atoms with Crippen LogP contribution in [0.3, 0.4) is 0 Å². The zero-order chi connectivity index (χ0) is 11.1. The third-order valence-corrected chi connectivity index (χ3v) is 2.65. The van der Waals surface area contributed by atoms with E-state index in [4.69, 9.17) is 5.73 Å². The molecule has 0 saturated carbocycles. The Balaban J connectivity index is 2.12. The van der Waals surface area contributed by atoms with E-state index >= 15 is 0 Å². The molecule has 0 aromatic heterocycles. The topological polar surface area (TPSA) is 56.9 Å². The van der Waals surface area contributed by atoms with Crippen LogP contribution in [0, 0.1) is 0 Å². The summed E-state index contributed by atoms with van der Waals surface area (Å²) >= 11 is 0. The van der Waals surface area contributed by atoms with E-state index in [1.165, 1.54) is 0 Å². The van der Waals surface area contributed by atoms with E-state index in [1.807, 2.05) is 6.92 Å². The summed E-state index contributed by atoms with van der Waals surface area (Å²) in [5, 5.41) is 2.99. The lowest BCUT2D eigenvalue weighted by molar-refractivity contribution is 0.157. The van der Waals surface area contributed by atoms with Gasteiger partial charge in [0.1, 0.15) is 0 Å². The second kappa shape index (κ2) is 6.63. The molecule has 0 aliphatic carbocycles. The molecular weight excluding hydrogens is 190 g/mol. The summed E-state index contributed by atoms with van der Waals surface area (Å²) in [7, 11) is 2.17. The maximum Gasteiger partial charge on any atom is 0.188 e. The number of likely N-dealkylation sites (N-methyl/N-ethyl adjacent to an activating group) is 1. The van der Waals surface area contributed by atoms with Gasteiger partial charge in [0.2, 0.25) is 0 Å². The van der Waals surface area contributed by atoms with Crippen LogP contribution in [-0.4, -0.2) is 68.6 Å². The minimum absolute atomic E-state index is 0.562. The second-order valence-electron chi connectivity index (χ2n) is 3.94. The number of nitrogens with two attached hydrogens (primary N) is 1. The van der Waals surface area contributed by atoms with E-state index in [0.717, 1.165) is 45.8 Å². The van der Waals surface area contributed by atoms with Gasteiger partial charge in [-0.15, -0.1) is 0 Å². The van der Waals surface area contributed by atoms with Gasteiger partial charge in [0.05, 0.1) is 6.54 Å². The first-order valence-corrected chi connectivity index (χ1v) is 5.67. The highest BCUT2D eigenvalue weighted by Crippen LogP contribution is 1.97. The van der Waals surface area contributed by atoms with Crippen LogP contribution in [0.25, 0.3) is 0 Å². The maximum atomic E-state index is 5.63. The zero-order valence-electron chi connectivity index (χ0n) is 9.87. The Morgan fingerprint density at radius 2 is 2.00 bits per heavy atom. The molecule has 1 rings (SSSR count). The van der Waals surface area contributed by atoms with Crippen LogP contribution >= 0.6 is 0 Å². The molecule has 1 aliphatic rings. The van der Waals surface area contributed by atoms with Crippen molar-refractivity contribution in [2.45, 2.75) is 6.92 Å². The lowest BCUT2D eigenvalue weighted by Gasteiger charge is -2.31. The molecule has 0 amide bonds. The molecule has 1 saturated heterocycles. The van der Waals surface area contributed by atoms with Crippen LogP contribution in [0.5, 0.6) is 0 Å². The number of guanidine groups is 1. The average molecular weight is 213 g/mol. The average Bonchev–Trinajstić information content (AvgIpc) is 2.21. The SMILES string of the molecule is CCNC(N)=NCCN1CCN(C)CC1. The van der Waals surface area contributed by atoms with Gasteiger partial charge in [0.25, 0.3) is 0 Å². The van der Waals surface area contributed by atoms with Crippen LogP contribution in [0.1, 0.15) is 6.92 Å². The van der Waals surface area contributed by atoms with E-state index in [9.17, 15) is 0 Å². The van der Waals surface area contributed by atoms with Crippen molar-refractivity contribution in [3.8, 4) is 0 Å². The van der Waals surface area contributed by atoms with Gasteiger partial charge in [0.15, 0.2) is 5.96 Å². The zero-order valence-corrected chi connectivity index (χ0v) is 9.87. The third kappa shape index (κ3) is 4.99. The number of hydrogen-bond acceptors (Lipinski definition) is 3. The normalized spacial score (nSPS) is 20.5. The van der Waals surface area contributed by atoms with Crippen molar-refractivity contribution >= 4 is 5.96 Å². The number of nitrogens with zero attached hydrogens (tertiary/aromatic N) is 3. The van der Waals surface area contributed by atoms with Crippen molar-refractivity contribution in [3.05, 3.63) is 0 Å². The van der Waals surface area contributed by atoms with Gasteiger partial charge in [-0.05, 0) is 14.0 Å². The van der Waals surface area contributed by atoms with Gasteiger partial charge in [0, 0.05) is 39.3 Å². The molecule has 3 N–H and O–H groups in total. The van der Waals surface area contributed by atoms with Gasteiger partial charge >= 0.3 is 0 Å². The summed E-state index contributed by atoms with van der Waals surface area (Å²) in [5.74, 6) is 0.562. The first-order valence-electron chi connectivity index (χ1n) is 5.67. The van der Waals surface area contributed by atoms with E-state index in [-0.39, 0.29) is 0 Å². The van der Waals surface area contributed by atoms with Crippen molar-refractivity contribution < 1.29 is 0 Å². The van der Waals surface area contributed by atoms with Gasteiger partial charge in [-0.1, -0.05) is 0 Å². The van der Waals surface area contributed by atoms with E-state index in [1.54, 1.807) is 0 Å². The Hall–Kier alpha value is -0.810. The first kappa shape index (κ1) is 12.3. The van der Waals surface area contributed by atoms with Crippen LogP contribution in [0.15, 0.2) is 4.99 Å². The molecule has 0 radical (unpaired) electrons. The van der Waals surface area contributed by atoms with Crippen molar-refractivity contribution in [3.63, 3.8) is 0 Å². The van der Waals surface area contributed by atoms with Crippen LogP contribution in [0.4, 0.5) is 0 Å². The highest BCUT2D eigenvalue weighted by Gasteiger charge is 2.12. The monoisotopic (exact) mass is 213 g/mol. The summed E-state index contributed by atoms with van der Waals surface area (Å²) in [6.07, 6.45) is 0. The molecule has 0 atom stereocenters. The molecule has 5 nitrogen and oxygen atoms in total. The Labute approximate surface area is 92.3 Å². The van der Waals surface area contributed by atoms with Crippen molar-refractivity contribution in [1.29, 1.82) is 0 Å². The summed E-state index contributed by atoms with van der Waals surface area (Å²) < 4.78 is 0. The number of piperazine rings is 1. The lowest BCUT2D eigenvalue weighted by Crippen LogP contribution is -2.45. The summed E-state index contributed by atoms with van der Waals surface area (Å²) in [4.78, 5) is 9.04. The summed E-state index contributed by atoms with van der Waals surface area (Å²) in [6.45, 7) is 9.27. The molecule has 0 aromatic carbocycles. The minimum atomic E-state index is 0.562. The fourth-order valence-corrected chi connectivity index (χ4v) is 1.62. The van der Waals surface area contributed by atoms with Crippen LogP contribution < -0.4 is 11.1 Å². The van der Waals surface area contributed by atoms with E-state index in [0.29, 0.717) is 5.96 Å². The number of hydrogen-bond donors (Lipinski definition) is 2. The fourth-order valence-electron chi connectivity index (χ4n) is 1.62. The third-order valence-electron chi connectivity index (χ3n) is 2.65. The van der Waals surface area contributed by atoms with Gasteiger partial charge in [-0.2, -0.15) is 0 Å². The van der Waals surface area contributed by atoms with Crippen molar-refractivity contribution in [2.75, 3.05) is 52.9 Å². The molecule has 0 aromatic rings. The molecule has 1 fully saturated rings. The minimum Gasteiger partial charge on any atom is -0.370 e. The van der Waals surface area contributed by atoms with Gasteiger partial charge < -0.3 is 16.0 Å². The van der Waals surface area contributed by atoms with Gasteiger partial charge in [-0.25, -0.2) is 0 Å². The predicted octanol–water partition coefficient (Wildman–Crippen LogP) is -0.842. The number of nitrogens with one attached hydrogen (secondary N) is 1. The molecule has 0 spiro atoms. The molecule has 1 heterocycles. The fraction of sp³-hybridized carbons (Fsp3) is 0.900. The number of aliphatic imine (C=N–C) groups is 1. The molecule has 1 aliphatic heterocycles. The predicted molar refractivity (Wildman–Crippen MR) is 64.1 cm³/mol.